The number of benzene rings is 4. The Morgan fingerprint density at radius 2 is 0.632 bits per heavy atom. The van der Waals surface area contributed by atoms with Crippen LogP contribution in [0.15, 0.2) is 48.5 Å². The lowest BCUT2D eigenvalue weighted by Crippen LogP contribution is -2.59. The first-order chi connectivity index (χ1) is 34.6. The molecule has 4 amide bonds. The summed E-state index contributed by atoms with van der Waals surface area (Å²) in [4.78, 5) is 57.8. The fourth-order valence-corrected chi connectivity index (χ4v) is 12.0. The number of halogens is 18. The van der Waals surface area contributed by atoms with Gasteiger partial charge in [-0.3, -0.25) is 19.2 Å². The van der Waals surface area contributed by atoms with Crippen LogP contribution in [0, 0.1) is 0 Å². The molecule has 6 aromatic rings. The fourth-order valence-electron chi connectivity index (χ4n) is 9.57. The Morgan fingerprint density at radius 3 is 0.868 bits per heavy atom. The Labute approximate surface area is 425 Å². The monoisotopic (exact) mass is 1130 g/mol. The third-order valence-electron chi connectivity index (χ3n) is 13.4. The maximum atomic E-state index is 16.3. The number of carbonyl (C=O) groups excluding carboxylic acids is 4. The van der Waals surface area contributed by atoms with E-state index < -0.39 is 181 Å². The molecule has 2 aliphatic rings. The first-order valence-corrected chi connectivity index (χ1v) is 24.2. The van der Waals surface area contributed by atoms with E-state index in [0.717, 1.165) is 0 Å². The number of thiophene rings is 2. The Balaban J connectivity index is 1.65. The number of alkyl halides is 18. The number of imide groups is 2. The van der Waals surface area contributed by atoms with E-state index in [9.17, 15) is 43.9 Å². The topological polar surface area (TPSA) is 74.8 Å². The van der Waals surface area contributed by atoms with Crippen molar-refractivity contribution in [1.82, 2.24) is 0 Å². The summed E-state index contributed by atoms with van der Waals surface area (Å²) >= 11 is -1.53. The highest BCUT2D eigenvalue weighted by molar-refractivity contribution is 7.20. The maximum Gasteiger partial charge on any atom is 0.460 e. The minimum Gasteiger partial charge on any atom is -0.268 e. The van der Waals surface area contributed by atoms with Crippen LogP contribution in [-0.4, -0.2) is 59.7 Å². The number of fused-ring (bicyclic) bond motifs is 6. The van der Waals surface area contributed by atoms with Crippen molar-refractivity contribution in [2.24, 2.45) is 0 Å². The number of anilines is 2. The number of rotatable bonds is 12. The van der Waals surface area contributed by atoms with Crippen molar-refractivity contribution >= 4 is 88.6 Å². The summed E-state index contributed by atoms with van der Waals surface area (Å²) in [7, 11) is 0. The van der Waals surface area contributed by atoms with Gasteiger partial charge in [-0.25, -0.2) is 9.80 Å². The van der Waals surface area contributed by atoms with Crippen LogP contribution in [0.3, 0.4) is 0 Å². The van der Waals surface area contributed by atoms with E-state index in [4.69, 9.17) is 0 Å². The largest absolute Gasteiger partial charge is 0.460 e. The minimum atomic E-state index is -7.50. The van der Waals surface area contributed by atoms with Gasteiger partial charge in [0.2, 0.25) is 0 Å². The number of carbonyl (C=O) groups is 4. The molecule has 4 aromatic carbocycles. The molecule has 2 aromatic heterocycles. The van der Waals surface area contributed by atoms with Gasteiger partial charge in [0.15, 0.2) is 0 Å². The summed E-state index contributed by atoms with van der Waals surface area (Å²) in [5, 5.41) is -4.57. The molecule has 0 unspecified atom stereocenters. The summed E-state index contributed by atoms with van der Waals surface area (Å²) in [6.07, 6.45) is -14.7. The molecule has 0 N–H and O–H groups in total. The lowest BCUT2D eigenvalue weighted by atomic mass is 9.81. The van der Waals surface area contributed by atoms with Crippen molar-refractivity contribution in [2.75, 3.05) is 9.80 Å². The summed E-state index contributed by atoms with van der Waals surface area (Å²) in [5.41, 5.74) is -5.15. The average Bonchev–Trinajstić information content (AvgIpc) is 3.95. The van der Waals surface area contributed by atoms with Crippen LogP contribution in [0.1, 0.15) is 153 Å². The molecule has 0 fully saturated rings. The summed E-state index contributed by atoms with van der Waals surface area (Å²) in [6, 6.07) is 8.01. The Hall–Kier alpha value is -5.92. The molecule has 0 spiro atoms. The summed E-state index contributed by atoms with van der Waals surface area (Å²) < 4.78 is 264. The number of para-hydroxylation sites is 2. The third kappa shape index (κ3) is 7.36. The van der Waals surface area contributed by atoms with Crippen LogP contribution >= 0.6 is 22.7 Å². The first-order valence-electron chi connectivity index (χ1n) is 22.5. The van der Waals surface area contributed by atoms with Gasteiger partial charge in [0.05, 0.1) is 43.4 Å². The molecule has 4 heterocycles. The highest BCUT2D eigenvalue weighted by Crippen LogP contribution is 2.62. The maximum absolute atomic E-state index is 16.3. The number of amides is 4. The molecule has 0 bridgehead atoms. The van der Waals surface area contributed by atoms with E-state index >= 15 is 54.3 Å². The van der Waals surface area contributed by atoms with E-state index in [-0.39, 0.29) is 55.6 Å². The third-order valence-corrected chi connectivity index (χ3v) is 15.9. The van der Waals surface area contributed by atoms with Crippen LogP contribution < -0.4 is 9.80 Å². The van der Waals surface area contributed by atoms with Crippen molar-refractivity contribution in [3.63, 3.8) is 0 Å². The van der Waals surface area contributed by atoms with Gasteiger partial charge in [-0.2, -0.15) is 79.0 Å². The highest BCUT2D eigenvalue weighted by atomic mass is 32.1. The molecule has 0 radical (unpaired) electrons. The predicted octanol–water partition coefficient (Wildman–Crippen LogP) is 17.2. The molecule has 408 valence electrons. The van der Waals surface area contributed by atoms with Gasteiger partial charge in [0, 0.05) is 30.9 Å². The van der Waals surface area contributed by atoms with Crippen molar-refractivity contribution in [2.45, 2.75) is 127 Å². The van der Waals surface area contributed by atoms with Gasteiger partial charge in [-0.05, 0) is 58.1 Å². The highest BCUT2D eigenvalue weighted by Gasteiger charge is 2.83. The number of hydrogen-bond donors (Lipinski definition) is 0. The van der Waals surface area contributed by atoms with Gasteiger partial charge >= 0.3 is 47.9 Å². The van der Waals surface area contributed by atoms with Crippen molar-refractivity contribution in [1.29, 1.82) is 0 Å². The van der Waals surface area contributed by atoms with Gasteiger partial charge < -0.3 is 0 Å². The Bertz CT molecular complexity index is 3110. The zero-order valence-corrected chi connectivity index (χ0v) is 41.7. The van der Waals surface area contributed by atoms with Gasteiger partial charge in [-0.1, -0.05) is 91.8 Å². The molecule has 2 aliphatic heterocycles. The molecule has 76 heavy (non-hydrogen) atoms. The van der Waals surface area contributed by atoms with Crippen LogP contribution in [0.2, 0.25) is 0 Å². The molecule has 0 aliphatic carbocycles. The smallest absolute Gasteiger partial charge is 0.268 e. The lowest BCUT2D eigenvalue weighted by Gasteiger charge is -2.36. The second-order valence-corrected chi connectivity index (χ2v) is 21.6. The number of nitrogens with zero attached hydrogens (tertiary/aromatic N) is 2. The van der Waals surface area contributed by atoms with E-state index in [1.807, 2.05) is 0 Å². The Kier molecular flexibility index (Phi) is 12.8. The Morgan fingerprint density at radius 1 is 0.382 bits per heavy atom. The van der Waals surface area contributed by atoms with Gasteiger partial charge in [0.1, 0.15) is 0 Å². The SMILES string of the molecule is CC(C)c1cccc(C(C)C)c1N1C(=O)c2c3cc(C(F)(F)C(F)(F)C(F)(F)C(F)(F)F)sc3c3c4c(c5cc(C(F)(F)C(F)(F)C(F)(F)C(F)(F)F)sc5c(c24)C1=O)C(=O)N(c1c(C(C)C)cccc1C(C)C)C3=O. The van der Waals surface area contributed by atoms with Crippen LogP contribution in [-0.2, 0) is 11.8 Å². The van der Waals surface area contributed by atoms with Crippen molar-refractivity contribution in [3.05, 3.63) is 103 Å². The quantitative estimate of drug-likeness (QED) is 0.0904. The molecule has 6 nitrogen and oxygen atoms in total. The standard InChI is InChI=1S/C50H36F18N2O4S2/c1-17(2)21-11-9-12-22(18(3)4)35(21)69-39(71)29-25-15-27(43(51,52)45(55,56)47(59,60)49(63,64)65)76-38(25)34-32-30(40(72)70(42(34)74)36-23(19(5)6)13-10-14-24(36)20(7)8)26-16-28(75-37(26)33(31(29)32)41(69)73)44(53,54)46(57,58)48(61,62)50(66,67)68/h9-20H,1-8H3. The molecule has 0 saturated heterocycles. The molecular weight excluding hydrogens is 1100 g/mol. The van der Waals surface area contributed by atoms with Crippen molar-refractivity contribution < 1.29 is 98.2 Å². The molecule has 0 atom stereocenters. The second-order valence-electron chi connectivity index (χ2n) is 19.5. The van der Waals surface area contributed by atoms with Crippen LogP contribution in [0.5, 0.6) is 0 Å². The van der Waals surface area contributed by atoms with E-state index in [2.05, 4.69) is 0 Å². The van der Waals surface area contributed by atoms with Gasteiger partial charge in [-0.15, -0.1) is 22.7 Å². The average molecular weight is 1130 g/mol. The van der Waals surface area contributed by atoms with E-state index in [1.54, 1.807) is 0 Å². The summed E-state index contributed by atoms with van der Waals surface area (Å²) in [6.45, 7) is 12.2. The normalized spacial score (nSPS) is 15.8. The molecule has 0 saturated carbocycles. The fraction of sp³-hybridized carbons (Fsp3) is 0.400. The second kappa shape index (κ2) is 17.3. The zero-order valence-electron chi connectivity index (χ0n) is 40.1. The molecular formula is C50H36F18N2O4S2. The lowest BCUT2D eigenvalue weighted by molar-refractivity contribution is -0.399. The minimum absolute atomic E-state index is 0.0965. The van der Waals surface area contributed by atoms with Crippen molar-refractivity contribution in [3.8, 4) is 0 Å². The predicted molar refractivity (Wildman–Crippen MR) is 246 cm³/mol. The van der Waals surface area contributed by atoms with Crippen LogP contribution in [0.25, 0.3) is 30.9 Å². The number of hydrogen-bond acceptors (Lipinski definition) is 6. The molecule has 8 rings (SSSR count). The van der Waals surface area contributed by atoms with Gasteiger partial charge in [0.25, 0.3) is 23.6 Å². The summed E-state index contributed by atoms with van der Waals surface area (Å²) in [5.74, 6) is -52.5. The van der Waals surface area contributed by atoms with E-state index in [1.165, 1.54) is 91.8 Å². The molecule has 26 heteroatoms. The van der Waals surface area contributed by atoms with E-state index in [0.29, 0.717) is 0 Å². The first kappa shape index (κ1) is 56.3. The zero-order chi connectivity index (χ0) is 57.2. The van der Waals surface area contributed by atoms with Crippen LogP contribution in [0.4, 0.5) is 90.4 Å².